The van der Waals surface area contributed by atoms with Crippen LogP contribution in [0.3, 0.4) is 0 Å². The molecule has 0 spiro atoms. The van der Waals surface area contributed by atoms with Crippen molar-refractivity contribution in [2.24, 2.45) is 0 Å². The molecule has 0 aliphatic heterocycles. The zero-order chi connectivity index (χ0) is 14.7. The largest absolute Gasteiger partial charge is 0.508 e. The van der Waals surface area contributed by atoms with E-state index in [4.69, 9.17) is 4.98 Å². The summed E-state index contributed by atoms with van der Waals surface area (Å²) in [5, 5.41) is 13.4. The number of fused-ring (bicyclic) bond motifs is 8. The number of nitrogens with zero attached hydrogens (tertiary/aromatic N) is 2. The topological polar surface area (TPSA) is 37.5 Å². The van der Waals surface area contributed by atoms with E-state index in [1.54, 1.807) is 6.07 Å². The third-order valence-electron chi connectivity index (χ3n) is 4.49. The fourth-order valence-corrected chi connectivity index (χ4v) is 3.52. The van der Waals surface area contributed by atoms with Crippen molar-refractivity contribution in [2.75, 3.05) is 0 Å². The number of imidazole rings is 1. The molecule has 1 N–H and O–H groups in total. The zero-order valence-electron chi connectivity index (χ0n) is 12.0. The maximum absolute atomic E-state index is 9.95. The maximum Gasteiger partial charge on any atom is 0.145 e. The van der Waals surface area contributed by atoms with Crippen molar-refractivity contribution in [1.82, 2.24) is 9.38 Å². The highest BCUT2D eigenvalue weighted by atomic mass is 16.3. The van der Waals surface area contributed by atoms with Crippen LogP contribution in [0.25, 0.3) is 33.4 Å². The number of allylic oxidation sites excluding steroid dienone is 1. The molecule has 0 fully saturated rings. The number of aryl methyl sites for hydroxylation is 1. The van der Waals surface area contributed by atoms with Crippen LogP contribution in [-0.2, 0) is 6.42 Å². The number of phenolic OH excluding ortho intramolecular Hbond substituents is 1. The first-order valence-electron chi connectivity index (χ1n) is 7.54. The average Bonchev–Trinajstić information content (AvgIpc) is 2.95. The minimum atomic E-state index is 0.284. The van der Waals surface area contributed by atoms with Gasteiger partial charge < -0.3 is 5.11 Å². The molecular formula is C19H14N2O. The second-order valence-corrected chi connectivity index (χ2v) is 5.79. The molecule has 106 valence electrons. The van der Waals surface area contributed by atoms with E-state index < -0.39 is 0 Å². The molecule has 0 saturated carbocycles. The summed E-state index contributed by atoms with van der Waals surface area (Å²) in [5.41, 5.74) is 4.27. The van der Waals surface area contributed by atoms with Crippen LogP contribution in [0.15, 0.2) is 48.5 Å². The number of aromatic hydroxyl groups is 1. The number of rotatable bonds is 0. The number of hydrogen-bond acceptors (Lipinski definition) is 2. The van der Waals surface area contributed by atoms with Crippen molar-refractivity contribution in [2.45, 2.75) is 12.8 Å². The normalized spacial score (nSPS) is 14.0. The molecule has 0 amide bonds. The zero-order valence-corrected chi connectivity index (χ0v) is 12.0. The minimum Gasteiger partial charge on any atom is -0.508 e. The summed E-state index contributed by atoms with van der Waals surface area (Å²) in [5.74, 6) is 0.284. The van der Waals surface area contributed by atoms with E-state index >= 15 is 0 Å². The lowest BCUT2D eigenvalue weighted by atomic mass is 10.1. The maximum atomic E-state index is 9.95. The molecule has 3 heteroatoms. The van der Waals surface area contributed by atoms with Gasteiger partial charge >= 0.3 is 0 Å². The van der Waals surface area contributed by atoms with Gasteiger partial charge in [-0.3, -0.25) is 4.40 Å². The molecule has 0 atom stereocenters. The molecule has 2 heterocycles. The third-order valence-corrected chi connectivity index (χ3v) is 4.49. The first-order chi connectivity index (χ1) is 10.8. The van der Waals surface area contributed by atoms with Crippen LogP contribution < -0.4 is 0 Å². The molecule has 4 aromatic rings. The Balaban J connectivity index is 2.15. The standard InChI is InChI=1S/C19H14N2O/c22-12-9-10-14-13-5-1-2-6-15(13)19-20-16-7-3-4-8-17(16)21(19)18(14)11-12/h1-2,4-6,8-11,22H,3,7H2. The van der Waals surface area contributed by atoms with Crippen molar-refractivity contribution in [3.05, 3.63) is 59.9 Å². The molecule has 0 saturated heterocycles. The van der Waals surface area contributed by atoms with Crippen LogP contribution in [0.5, 0.6) is 5.75 Å². The fourth-order valence-electron chi connectivity index (χ4n) is 3.52. The number of hydrogen-bond donors (Lipinski definition) is 1. The van der Waals surface area contributed by atoms with E-state index in [1.807, 2.05) is 18.2 Å². The Kier molecular flexibility index (Phi) is 2.20. The van der Waals surface area contributed by atoms with E-state index in [1.165, 1.54) is 5.39 Å². The van der Waals surface area contributed by atoms with Crippen LogP contribution >= 0.6 is 0 Å². The predicted octanol–water partition coefficient (Wildman–Crippen LogP) is 4.31. The number of pyridine rings is 1. The first-order valence-corrected chi connectivity index (χ1v) is 7.54. The summed E-state index contributed by atoms with van der Waals surface area (Å²) in [4.78, 5) is 4.89. The SMILES string of the molecule is Oc1ccc2c3ccccc3c3nc4c(n3c2c1)C=CCC4. The van der Waals surface area contributed by atoms with Gasteiger partial charge in [-0.25, -0.2) is 4.98 Å². The summed E-state index contributed by atoms with van der Waals surface area (Å²) >= 11 is 0. The van der Waals surface area contributed by atoms with Crippen molar-refractivity contribution in [3.63, 3.8) is 0 Å². The van der Waals surface area contributed by atoms with Crippen LogP contribution in [-0.4, -0.2) is 14.5 Å². The lowest BCUT2D eigenvalue weighted by molar-refractivity contribution is 0.476. The third kappa shape index (κ3) is 1.43. The van der Waals surface area contributed by atoms with Gasteiger partial charge in [-0.2, -0.15) is 0 Å². The fraction of sp³-hybridized carbons (Fsp3) is 0.105. The van der Waals surface area contributed by atoms with E-state index in [0.717, 1.165) is 46.2 Å². The predicted molar refractivity (Wildman–Crippen MR) is 89.2 cm³/mol. The molecule has 1 aliphatic rings. The van der Waals surface area contributed by atoms with E-state index in [-0.39, 0.29) is 5.75 Å². The summed E-state index contributed by atoms with van der Waals surface area (Å²) < 4.78 is 2.18. The second kappa shape index (κ2) is 4.10. The van der Waals surface area contributed by atoms with Crippen LogP contribution in [0.4, 0.5) is 0 Å². The summed E-state index contributed by atoms with van der Waals surface area (Å²) in [6.45, 7) is 0. The molecule has 0 unspecified atom stereocenters. The molecule has 0 bridgehead atoms. The van der Waals surface area contributed by atoms with Gasteiger partial charge in [0.1, 0.15) is 11.4 Å². The second-order valence-electron chi connectivity index (χ2n) is 5.79. The van der Waals surface area contributed by atoms with E-state index in [9.17, 15) is 5.11 Å². The molecule has 22 heavy (non-hydrogen) atoms. The van der Waals surface area contributed by atoms with Crippen molar-refractivity contribution in [1.29, 1.82) is 0 Å². The van der Waals surface area contributed by atoms with Gasteiger partial charge in [0.25, 0.3) is 0 Å². The van der Waals surface area contributed by atoms with Gasteiger partial charge in [0.15, 0.2) is 0 Å². The Morgan fingerprint density at radius 1 is 1.00 bits per heavy atom. The number of benzene rings is 2. The van der Waals surface area contributed by atoms with Gasteiger partial charge in [-0.15, -0.1) is 0 Å². The van der Waals surface area contributed by atoms with Gasteiger partial charge in [0, 0.05) is 16.8 Å². The summed E-state index contributed by atoms with van der Waals surface area (Å²) in [6, 6.07) is 13.9. The lowest BCUT2D eigenvalue weighted by Gasteiger charge is -2.10. The molecule has 1 aliphatic carbocycles. The van der Waals surface area contributed by atoms with Gasteiger partial charge in [0.05, 0.1) is 16.9 Å². The molecule has 2 aromatic carbocycles. The number of aromatic nitrogens is 2. The van der Waals surface area contributed by atoms with Crippen molar-refractivity contribution in [3.8, 4) is 5.75 Å². The number of phenols is 1. The Bertz CT molecular complexity index is 1090. The molecular weight excluding hydrogens is 272 g/mol. The van der Waals surface area contributed by atoms with Crippen LogP contribution in [0.2, 0.25) is 0 Å². The lowest BCUT2D eigenvalue weighted by Crippen LogP contribution is -1.96. The Labute approximate surface area is 127 Å². The Hall–Kier alpha value is -2.81. The van der Waals surface area contributed by atoms with E-state index in [2.05, 4.69) is 34.8 Å². The highest BCUT2D eigenvalue weighted by Crippen LogP contribution is 2.34. The van der Waals surface area contributed by atoms with Crippen LogP contribution in [0, 0.1) is 0 Å². The summed E-state index contributed by atoms with van der Waals surface area (Å²) in [7, 11) is 0. The van der Waals surface area contributed by atoms with Gasteiger partial charge in [-0.05, 0) is 36.4 Å². The Morgan fingerprint density at radius 2 is 1.86 bits per heavy atom. The molecule has 5 rings (SSSR count). The van der Waals surface area contributed by atoms with Crippen LogP contribution in [0.1, 0.15) is 17.8 Å². The highest BCUT2D eigenvalue weighted by Gasteiger charge is 2.17. The van der Waals surface area contributed by atoms with Crippen molar-refractivity contribution >= 4 is 33.4 Å². The monoisotopic (exact) mass is 286 g/mol. The Morgan fingerprint density at radius 3 is 2.77 bits per heavy atom. The van der Waals surface area contributed by atoms with Crippen molar-refractivity contribution < 1.29 is 5.11 Å². The average molecular weight is 286 g/mol. The van der Waals surface area contributed by atoms with Gasteiger partial charge in [-0.1, -0.05) is 30.3 Å². The minimum absolute atomic E-state index is 0.284. The molecule has 0 radical (unpaired) electrons. The summed E-state index contributed by atoms with van der Waals surface area (Å²) in [6.07, 6.45) is 6.36. The molecule has 3 nitrogen and oxygen atoms in total. The first kappa shape index (κ1) is 11.8. The quantitative estimate of drug-likeness (QED) is 0.489. The smallest absolute Gasteiger partial charge is 0.145 e. The highest BCUT2D eigenvalue weighted by molar-refractivity contribution is 6.12. The molecule has 2 aromatic heterocycles. The van der Waals surface area contributed by atoms with Gasteiger partial charge in [0.2, 0.25) is 0 Å². The van der Waals surface area contributed by atoms with E-state index in [0.29, 0.717) is 0 Å².